The van der Waals surface area contributed by atoms with Gasteiger partial charge in [0.25, 0.3) is 0 Å². The zero-order valence-electron chi connectivity index (χ0n) is 14.9. The molecule has 2 atom stereocenters. The molecule has 0 nitrogen and oxygen atoms in total. The molecule has 2 bridgehead atoms. The van der Waals surface area contributed by atoms with E-state index in [1.54, 1.807) is 16.7 Å². The summed E-state index contributed by atoms with van der Waals surface area (Å²) in [5.41, 5.74) is 7.19. The number of fused-ring (bicyclic) bond motifs is 5. The number of rotatable bonds is 3. The van der Waals surface area contributed by atoms with Gasteiger partial charge in [0.15, 0.2) is 0 Å². The summed E-state index contributed by atoms with van der Waals surface area (Å²) >= 11 is 0. The second-order valence-corrected chi connectivity index (χ2v) is 8.62. The molecule has 2 unspecified atom stereocenters. The predicted molar refractivity (Wildman–Crippen MR) is 102 cm³/mol. The van der Waals surface area contributed by atoms with E-state index in [1.165, 1.54) is 74.1 Å². The third-order valence-corrected chi connectivity index (χ3v) is 7.12. The average Bonchev–Trinajstić information content (AvgIpc) is 3.19. The van der Waals surface area contributed by atoms with Gasteiger partial charge < -0.3 is 0 Å². The smallest absolute Gasteiger partial charge is 0.0178 e. The van der Waals surface area contributed by atoms with Crippen LogP contribution in [-0.2, 0) is 19.3 Å². The second-order valence-electron chi connectivity index (χ2n) is 8.62. The van der Waals surface area contributed by atoms with Crippen molar-refractivity contribution in [3.63, 3.8) is 0 Å². The molecule has 2 aromatic carbocycles. The van der Waals surface area contributed by atoms with Crippen LogP contribution in [0.4, 0.5) is 0 Å². The summed E-state index contributed by atoms with van der Waals surface area (Å²) in [5, 5.41) is 2.92. The van der Waals surface area contributed by atoms with Gasteiger partial charge >= 0.3 is 0 Å². The highest BCUT2D eigenvalue weighted by molar-refractivity contribution is 5.85. The first kappa shape index (κ1) is 14.8. The Bertz CT molecular complexity index is 825. The molecule has 1 saturated carbocycles. The Labute approximate surface area is 146 Å². The Hall–Kier alpha value is -1.56. The van der Waals surface area contributed by atoms with E-state index in [0.29, 0.717) is 5.41 Å². The van der Waals surface area contributed by atoms with E-state index in [9.17, 15) is 0 Å². The number of hydrogen-bond donors (Lipinski definition) is 0. The van der Waals surface area contributed by atoms with Crippen molar-refractivity contribution < 1.29 is 0 Å². The minimum absolute atomic E-state index is 0.617. The highest BCUT2D eigenvalue weighted by Crippen LogP contribution is 2.58. The molecule has 1 spiro atoms. The third-order valence-electron chi connectivity index (χ3n) is 7.12. The first-order valence-corrected chi connectivity index (χ1v) is 9.98. The summed E-state index contributed by atoms with van der Waals surface area (Å²) in [6, 6.07) is 12.2. The van der Waals surface area contributed by atoms with E-state index < -0.39 is 0 Å². The minimum Gasteiger partial charge on any atom is -0.0850 e. The number of allylic oxidation sites excluding steroid dienone is 2. The van der Waals surface area contributed by atoms with Crippen molar-refractivity contribution in [2.75, 3.05) is 0 Å². The van der Waals surface area contributed by atoms with Crippen molar-refractivity contribution in [1.82, 2.24) is 0 Å². The number of aryl methyl sites for hydroxylation is 2. The number of unbranched alkanes of at least 4 members (excludes halogenated alkanes) is 1. The van der Waals surface area contributed by atoms with E-state index >= 15 is 0 Å². The van der Waals surface area contributed by atoms with Crippen molar-refractivity contribution >= 4 is 10.8 Å². The Morgan fingerprint density at radius 1 is 1.04 bits per heavy atom. The predicted octanol–water partition coefficient (Wildman–Crippen LogP) is 6.40. The quantitative estimate of drug-likeness (QED) is 0.575. The van der Waals surface area contributed by atoms with Gasteiger partial charge in [-0.15, -0.1) is 0 Å². The molecule has 3 aliphatic carbocycles. The zero-order chi connectivity index (χ0) is 16.1. The topological polar surface area (TPSA) is 0 Å². The van der Waals surface area contributed by atoms with Gasteiger partial charge in [0.1, 0.15) is 0 Å². The fourth-order valence-electron chi connectivity index (χ4n) is 5.73. The maximum Gasteiger partial charge on any atom is -0.0178 e. The van der Waals surface area contributed by atoms with Crippen LogP contribution in [0.25, 0.3) is 10.8 Å². The molecule has 3 aliphatic rings. The molecule has 0 heterocycles. The van der Waals surface area contributed by atoms with Crippen molar-refractivity contribution in [2.24, 2.45) is 11.3 Å². The lowest BCUT2D eigenvalue weighted by Gasteiger charge is -2.40. The van der Waals surface area contributed by atoms with Crippen molar-refractivity contribution in [3.05, 3.63) is 58.7 Å². The van der Waals surface area contributed by atoms with E-state index in [1.807, 2.05) is 0 Å². The van der Waals surface area contributed by atoms with Crippen LogP contribution in [0.15, 0.2) is 42.0 Å². The summed E-state index contributed by atoms with van der Waals surface area (Å²) in [6.07, 6.45) is 14.5. The molecule has 0 heteroatoms. The number of hydrogen-bond acceptors (Lipinski definition) is 0. The lowest BCUT2D eigenvalue weighted by molar-refractivity contribution is 0.169. The molecule has 0 saturated heterocycles. The van der Waals surface area contributed by atoms with Crippen molar-refractivity contribution in [3.8, 4) is 0 Å². The van der Waals surface area contributed by atoms with Gasteiger partial charge in [-0.2, -0.15) is 0 Å². The van der Waals surface area contributed by atoms with Crippen molar-refractivity contribution in [1.29, 1.82) is 0 Å². The number of benzene rings is 2. The molecule has 24 heavy (non-hydrogen) atoms. The largest absolute Gasteiger partial charge is 0.0850 e. The Morgan fingerprint density at radius 3 is 2.75 bits per heavy atom. The lowest BCUT2D eigenvalue weighted by Crippen LogP contribution is -2.33. The maximum absolute atomic E-state index is 2.53. The van der Waals surface area contributed by atoms with E-state index in [0.717, 1.165) is 5.92 Å². The monoisotopic (exact) mass is 316 g/mol. The SMILES string of the molecule is CCCCc1ccc2cc3c(cc2c1)CCC1(CC2=CCC1C2)C3. The molecule has 5 rings (SSSR count). The summed E-state index contributed by atoms with van der Waals surface area (Å²) in [7, 11) is 0. The van der Waals surface area contributed by atoms with Gasteiger partial charge in [-0.1, -0.05) is 55.3 Å². The van der Waals surface area contributed by atoms with Crippen molar-refractivity contribution in [2.45, 2.75) is 64.7 Å². The Morgan fingerprint density at radius 2 is 1.96 bits per heavy atom. The van der Waals surface area contributed by atoms with Crippen LogP contribution in [0.5, 0.6) is 0 Å². The van der Waals surface area contributed by atoms with Gasteiger partial charge in [-0.3, -0.25) is 0 Å². The zero-order valence-corrected chi connectivity index (χ0v) is 14.9. The molecule has 0 aromatic heterocycles. The van der Waals surface area contributed by atoms with Gasteiger partial charge in [0.05, 0.1) is 0 Å². The molecule has 0 radical (unpaired) electrons. The molecule has 0 aliphatic heterocycles. The summed E-state index contributed by atoms with van der Waals surface area (Å²) in [6.45, 7) is 2.28. The maximum atomic E-state index is 2.53. The fourth-order valence-corrected chi connectivity index (χ4v) is 5.73. The molecule has 2 aromatic rings. The Balaban J connectivity index is 1.49. The van der Waals surface area contributed by atoms with E-state index in [2.05, 4.69) is 43.3 Å². The van der Waals surface area contributed by atoms with Crippen LogP contribution in [0.1, 0.15) is 62.1 Å². The summed E-state index contributed by atoms with van der Waals surface area (Å²) in [5.74, 6) is 0.952. The van der Waals surface area contributed by atoms with Crippen LogP contribution in [0, 0.1) is 11.3 Å². The van der Waals surface area contributed by atoms with E-state index in [4.69, 9.17) is 0 Å². The lowest BCUT2D eigenvalue weighted by atomic mass is 9.64. The van der Waals surface area contributed by atoms with Gasteiger partial charge in [-0.05, 0) is 90.2 Å². The normalized spacial score (nSPS) is 27.7. The molecule has 1 fully saturated rings. The van der Waals surface area contributed by atoms with Crippen LogP contribution in [0.3, 0.4) is 0 Å². The molecular formula is C24H28. The van der Waals surface area contributed by atoms with Gasteiger partial charge in [0, 0.05) is 0 Å². The summed E-state index contributed by atoms with van der Waals surface area (Å²) in [4.78, 5) is 0. The average molecular weight is 316 g/mol. The standard InChI is InChI=1S/C24H28/c1-2-3-4-17-5-7-19-14-22-16-24(15-18-6-8-23(24)12-18)10-9-20(22)13-21(19)11-17/h5-7,11,13-14,23H,2-4,8-10,12,15-16H2,1H3. The summed E-state index contributed by atoms with van der Waals surface area (Å²) < 4.78 is 0. The highest BCUT2D eigenvalue weighted by Gasteiger charge is 2.48. The molecule has 124 valence electrons. The van der Waals surface area contributed by atoms with E-state index in [-0.39, 0.29) is 0 Å². The third kappa shape index (κ3) is 2.26. The minimum atomic E-state index is 0.617. The molecule has 0 amide bonds. The van der Waals surface area contributed by atoms with Crippen LogP contribution >= 0.6 is 0 Å². The Kier molecular flexibility index (Phi) is 3.37. The molecule has 0 N–H and O–H groups in total. The van der Waals surface area contributed by atoms with Gasteiger partial charge in [-0.25, -0.2) is 0 Å². The fraction of sp³-hybridized carbons (Fsp3) is 0.500. The second kappa shape index (κ2) is 5.48. The van der Waals surface area contributed by atoms with Crippen LogP contribution < -0.4 is 0 Å². The van der Waals surface area contributed by atoms with Crippen LogP contribution in [0.2, 0.25) is 0 Å². The van der Waals surface area contributed by atoms with Gasteiger partial charge in [0.2, 0.25) is 0 Å². The molecular weight excluding hydrogens is 288 g/mol. The van der Waals surface area contributed by atoms with Crippen LogP contribution in [-0.4, -0.2) is 0 Å². The first-order chi connectivity index (χ1) is 11.8. The highest BCUT2D eigenvalue weighted by atomic mass is 14.5. The first-order valence-electron chi connectivity index (χ1n) is 9.98.